The molecule has 0 atom stereocenters. The topological polar surface area (TPSA) is 55.1 Å². The van der Waals surface area contributed by atoms with Gasteiger partial charge < -0.3 is 11.1 Å². The predicted molar refractivity (Wildman–Crippen MR) is 52.0 cm³/mol. The lowest BCUT2D eigenvalue weighted by Crippen LogP contribution is -2.31. The van der Waals surface area contributed by atoms with Crippen molar-refractivity contribution in [1.82, 2.24) is 5.32 Å². The number of carbonyl (C=O) groups is 1. The molecule has 1 aliphatic carbocycles. The molecule has 3 nitrogen and oxygen atoms in total. The highest BCUT2D eigenvalue weighted by Crippen LogP contribution is 2.08. The van der Waals surface area contributed by atoms with Crippen LogP contribution in [0.25, 0.3) is 0 Å². The van der Waals surface area contributed by atoms with Crippen LogP contribution in [-0.4, -0.2) is 17.4 Å². The van der Waals surface area contributed by atoms with Crippen molar-refractivity contribution in [2.75, 3.05) is 6.54 Å². The van der Waals surface area contributed by atoms with Crippen LogP contribution in [0.2, 0.25) is 0 Å². The first-order valence-electron chi connectivity index (χ1n) is 3.61. The summed E-state index contributed by atoms with van der Waals surface area (Å²) in [6.45, 7) is 0.486. The van der Waals surface area contributed by atoms with E-state index in [0.717, 1.165) is 16.9 Å². The average Bonchev–Trinajstić information content (AvgIpc) is 2.01. The monoisotopic (exact) mass is 182 g/mol. The van der Waals surface area contributed by atoms with Crippen LogP contribution >= 0.6 is 12.2 Å². The Hall–Kier alpha value is -1.16. The number of thiocarbonyl (C=S) groups is 1. The van der Waals surface area contributed by atoms with Crippen molar-refractivity contribution < 1.29 is 4.79 Å². The predicted octanol–water partition coefficient (Wildman–Crippen LogP) is 0.911. The lowest BCUT2D eigenvalue weighted by Gasteiger charge is -2.09. The molecule has 0 aliphatic heterocycles. The quantitative estimate of drug-likeness (QED) is 0.624. The van der Waals surface area contributed by atoms with E-state index >= 15 is 0 Å². The molecule has 0 aromatic rings. The highest BCUT2D eigenvalue weighted by atomic mass is 32.1. The van der Waals surface area contributed by atoms with Gasteiger partial charge in [0.05, 0.1) is 0 Å². The Morgan fingerprint density at radius 1 is 1.75 bits per heavy atom. The second-order valence-electron chi connectivity index (χ2n) is 2.54. The number of rotatable bonds is 2. The van der Waals surface area contributed by atoms with Crippen LogP contribution in [0.15, 0.2) is 23.8 Å². The SMILES string of the molecule is NC(=O)NCC1=CC=CC(=S)C1. The molecule has 1 rings (SSSR count). The molecule has 0 saturated carbocycles. The second-order valence-corrected chi connectivity index (χ2v) is 3.07. The molecule has 1 aliphatic rings. The fourth-order valence-electron chi connectivity index (χ4n) is 0.955. The molecule has 0 heterocycles. The molecule has 4 heteroatoms. The molecule has 0 saturated heterocycles. The Morgan fingerprint density at radius 3 is 3.08 bits per heavy atom. The Labute approximate surface area is 76.3 Å². The van der Waals surface area contributed by atoms with E-state index in [1.807, 2.05) is 18.2 Å². The summed E-state index contributed by atoms with van der Waals surface area (Å²) in [7, 11) is 0. The van der Waals surface area contributed by atoms with E-state index in [-0.39, 0.29) is 0 Å². The Bertz CT molecular complexity index is 268. The summed E-state index contributed by atoms with van der Waals surface area (Å²) >= 11 is 4.99. The van der Waals surface area contributed by atoms with Gasteiger partial charge in [-0.05, 0) is 11.6 Å². The van der Waals surface area contributed by atoms with Crippen molar-refractivity contribution in [1.29, 1.82) is 0 Å². The van der Waals surface area contributed by atoms with Crippen molar-refractivity contribution in [3.8, 4) is 0 Å². The van der Waals surface area contributed by atoms with E-state index in [1.54, 1.807) is 0 Å². The minimum absolute atomic E-state index is 0.486. The molecule has 0 aromatic carbocycles. The van der Waals surface area contributed by atoms with Crippen molar-refractivity contribution in [2.45, 2.75) is 6.42 Å². The van der Waals surface area contributed by atoms with Gasteiger partial charge in [0.25, 0.3) is 0 Å². The molecule has 0 bridgehead atoms. The summed E-state index contributed by atoms with van der Waals surface area (Å²) in [6, 6.07) is -0.503. The van der Waals surface area contributed by atoms with Gasteiger partial charge in [0, 0.05) is 17.8 Å². The molecule has 2 amide bonds. The average molecular weight is 182 g/mol. The minimum Gasteiger partial charge on any atom is -0.352 e. The highest BCUT2D eigenvalue weighted by molar-refractivity contribution is 7.80. The van der Waals surface area contributed by atoms with E-state index < -0.39 is 6.03 Å². The number of carbonyl (C=O) groups excluding carboxylic acids is 1. The third kappa shape index (κ3) is 2.84. The van der Waals surface area contributed by atoms with Crippen LogP contribution in [0.4, 0.5) is 4.79 Å². The van der Waals surface area contributed by atoms with Crippen LogP contribution in [-0.2, 0) is 0 Å². The van der Waals surface area contributed by atoms with Gasteiger partial charge in [0.1, 0.15) is 0 Å². The number of amides is 2. The van der Waals surface area contributed by atoms with E-state index in [2.05, 4.69) is 5.32 Å². The van der Waals surface area contributed by atoms with Gasteiger partial charge in [-0.15, -0.1) is 0 Å². The van der Waals surface area contributed by atoms with Gasteiger partial charge in [0.2, 0.25) is 0 Å². The van der Waals surface area contributed by atoms with Crippen molar-refractivity contribution >= 4 is 23.1 Å². The molecule has 0 unspecified atom stereocenters. The zero-order chi connectivity index (χ0) is 8.97. The van der Waals surface area contributed by atoms with Crippen molar-refractivity contribution in [2.24, 2.45) is 5.73 Å². The summed E-state index contributed by atoms with van der Waals surface area (Å²) in [5.41, 5.74) is 6.00. The standard InChI is InChI=1S/C8H10N2OS/c9-8(11)10-5-6-2-1-3-7(12)4-6/h1-3H,4-5H2,(H3,9,10,11). The molecule has 3 N–H and O–H groups in total. The molecule has 0 fully saturated rings. The molecular weight excluding hydrogens is 172 g/mol. The van der Waals surface area contributed by atoms with Gasteiger partial charge in [-0.25, -0.2) is 4.79 Å². The maximum Gasteiger partial charge on any atom is 0.312 e. The fourth-order valence-corrected chi connectivity index (χ4v) is 1.22. The van der Waals surface area contributed by atoms with E-state index in [1.165, 1.54) is 0 Å². The normalized spacial score (nSPS) is 15.7. The Morgan fingerprint density at radius 2 is 2.50 bits per heavy atom. The van der Waals surface area contributed by atoms with Gasteiger partial charge >= 0.3 is 6.03 Å². The van der Waals surface area contributed by atoms with Gasteiger partial charge in [-0.1, -0.05) is 24.4 Å². The smallest absolute Gasteiger partial charge is 0.312 e. The Balaban J connectivity index is 2.43. The molecular formula is C8H10N2OS. The summed E-state index contributed by atoms with van der Waals surface area (Å²) in [6.07, 6.45) is 6.44. The molecule has 0 aromatic heterocycles. The van der Waals surface area contributed by atoms with E-state index in [9.17, 15) is 4.79 Å². The minimum atomic E-state index is -0.503. The molecule has 0 spiro atoms. The van der Waals surface area contributed by atoms with Crippen LogP contribution in [0, 0.1) is 0 Å². The first-order chi connectivity index (χ1) is 5.68. The number of nitrogens with one attached hydrogen (secondary N) is 1. The first kappa shape index (κ1) is 8.93. The lowest BCUT2D eigenvalue weighted by atomic mass is 10.1. The number of allylic oxidation sites excluding steroid dienone is 3. The van der Waals surface area contributed by atoms with E-state index in [0.29, 0.717) is 6.54 Å². The fraction of sp³-hybridized carbons (Fsp3) is 0.250. The van der Waals surface area contributed by atoms with Crippen molar-refractivity contribution in [3.05, 3.63) is 23.8 Å². The maximum absolute atomic E-state index is 10.4. The van der Waals surface area contributed by atoms with Crippen LogP contribution in [0.5, 0.6) is 0 Å². The number of nitrogens with two attached hydrogens (primary N) is 1. The number of hydrogen-bond donors (Lipinski definition) is 2. The van der Waals surface area contributed by atoms with Crippen LogP contribution < -0.4 is 11.1 Å². The molecule has 0 radical (unpaired) electrons. The van der Waals surface area contributed by atoms with Gasteiger partial charge in [-0.3, -0.25) is 0 Å². The summed E-state index contributed by atoms with van der Waals surface area (Å²) in [4.78, 5) is 11.2. The largest absolute Gasteiger partial charge is 0.352 e. The summed E-state index contributed by atoms with van der Waals surface area (Å²) in [5.74, 6) is 0. The van der Waals surface area contributed by atoms with Gasteiger partial charge in [-0.2, -0.15) is 0 Å². The first-order valence-corrected chi connectivity index (χ1v) is 4.01. The number of urea groups is 1. The third-order valence-electron chi connectivity index (χ3n) is 1.51. The van der Waals surface area contributed by atoms with Crippen LogP contribution in [0.1, 0.15) is 6.42 Å². The highest BCUT2D eigenvalue weighted by Gasteiger charge is 2.03. The molecule has 12 heavy (non-hydrogen) atoms. The number of primary amides is 1. The van der Waals surface area contributed by atoms with Gasteiger partial charge in [0.15, 0.2) is 0 Å². The third-order valence-corrected chi connectivity index (χ3v) is 1.79. The number of hydrogen-bond acceptors (Lipinski definition) is 2. The Kier molecular flexibility index (Phi) is 2.99. The lowest BCUT2D eigenvalue weighted by molar-refractivity contribution is 0.249. The summed E-state index contributed by atoms with van der Waals surface area (Å²) in [5, 5.41) is 2.51. The van der Waals surface area contributed by atoms with Crippen LogP contribution in [0.3, 0.4) is 0 Å². The summed E-state index contributed by atoms with van der Waals surface area (Å²) < 4.78 is 0. The second kappa shape index (κ2) is 4.01. The maximum atomic E-state index is 10.4. The van der Waals surface area contributed by atoms with Crippen molar-refractivity contribution in [3.63, 3.8) is 0 Å². The molecule has 64 valence electrons. The zero-order valence-corrected chi connectivity index (χ0v) is 7.36. The zero-order valence-electron chi connectivity index (χ0n) is 6.54. The van der Waals surface area contributed by atoms with E-state index in [4.69, 9.17) is 18.0 Å².